The number of aromatic carboxylic acids is 1. The SMILES string of the molecule is O=C(O)c1cccc(NC(=O)N2CCn3cnnc3C2)c1. The first-order valence-corrected chi connectivity index (χ1v) is 6.39. The molecule has 0 fully saturated rings. The van der Waals surface area contributed by atoms with Crippen LogP contribution in [0.2, 0.25) is 0 Å². The number of hydrogen-bond acceptors (Lipinski definition) is 4. The van der Waals surface area contributed by atoms with Crippen LogP contribution >= 0.6 is 0 Å². The number of nitrogens with one attached hydrogen (secondary N) is 1. The molecule has 2 amide bonds. The van der Waals surface area contributed by atoms with Crippen LogP contribution in [0.1, 0.15) is 16.2 Å². The number of benzene rings is 1. The van der Waals surface area contributed by atoms with E-state index in [-0.39, 0.29) is 11.6 Å². The number of anilines is 1. The van der Waals surface area contributed by atoms with Crippen LogP contribution in [-0.4, -0.2) is 43.3 Å². The Morgan fingerprint density at radius 2 is 2.14 bits per heavy atom. The fourth-order valence-corrected chi connectivity index (χ4v) is 2.17. The number of carbonyl (C=O) groups excluding carboxylic acids is 1. The summed E-state index contributed by atoms with van der Waals surface area (Å²) in [5.41, 5.74) is 0.582. The van der Waals surface area contributed by atoms with E-state index >= 15 is 0 Å². The Morgan fingerprint density at radius 1 is 1.29 bits per heavy atom. The van der Waals surface area contributed by atoms with Gasteiger partial charge < -0.3 is 19.9 Å². The fourth-order valence-electron chi connectivity index (χ4n) is 2.17. The lowest BCUT2D eigenvalue weighted by Gasteiger charge is -2.27. The van der Waals surface area contributed by atoms with Crippen molar-refractivity contribution in [3.8, 4) is 0 Å². The van der Waals surface area contributed by atoms with Gasteiger partial charge in [-0.2, -0.15) is 0 Å². The molecule has 0 saturated heterocycles. The number of aromatic nitrogens is 3. The normalized spacial score (nSPS) is 13.6. The minimum absolute atomic E-state index is 0.131. The van der Waals surface area contributed by atoms with Gasteiger partial charge in [-0.25, -0.2) is 9.59 Å². The molecule has 8 nitrogen and oxygen atoms in total. The van der Waals surface area contributed by atoms with Gasteiger partial charge >= 0.3 is 12.0 Å². The Balaban J connectivity index is 1.70. The molecule has 0 aliphatic carbocycles. The van der Waals surface area contributed by atoms with Crippen molar-refractivity contribution in [1.29, 1.82) is 0 Å². The second kappa shape index (κ2) is 5.23. The first-order valence-electron chi connectivity index (χ1n) is 6.39. The highest BCUT2D eigenvalue weighted by molar-refractivity contribution is 5.93. The number of carboxylic acids is 1. The van der Waals surface area contributed by atoms with Crippen LogP contribution in [0.15, 0.2) is 30.6 Å². The minimum atomic E-state index is -1.03. The molecule has 21 heavy (non-hydrogen) atoms. The molecule has 8 heteroatoms. The Kier molecular flexibility index (Phi) is 3.27. The molecule has 2 heterocycles. The zero-order valence-electron chi connectivity index (χ0n) is 11.1. The largest absolute Gasteiger partial charge is 0.478 e. The topological polar surface area (TPSA) is 100 Å². The molecule has 108 valence electrons. The first kappa shape index (κ1) is 13.1. The molecule has 2 N–H and O–H groups in total. The molecule has 0 saturated carbocycles. The van der Waals surface area contributed by atoms with Crippen molar-refractivity contribution in [2.45, 2.75) is 13.1 Å². The van der Waals surface area contributed by atoms with E-state index in [9.17, 15) is 9.59 Å². The maximum atomic E-state index is 12.2. The van der Waals surface area contributed by atoms with Gasteiger partial charge in [-0.3, -0.25) is 0 Å². The number of nitrogens with zero attached hydrogens (tertiary/aromatic N) is 4. The summed E-state index contributed by atoms with van der Waals surface area (Å²) in [6.45, 7) is 1.57. The standard InChI is InChI=1S/C13H13N5O3/c19-12(20)9-2-1-3-10(6-9)15-13(21)17-4-5-18-8-14-16-11(18)7-17/h1-3,6,8H,4-5,7H2,(H,15,21)(H,19,20). The molecular weight excluding hydrogens is 274 g/mol. The molecule has 3 rings (SSSR count). The Hall–Kier alpha value is -2.90. The molecular formula is C13H13N5O3. The molecule has 0 radical (unpaired) electrons. The van der Waals surface area contributed by atoms with E-state index < -0.39 is 5.97 Å². The van der Waals surface area contributed by atoms with Crippen LogP contribution in [0.25, 0.3) is 0 Å². The van der Waals surface area contributed by atoms with Gasteiger partial charge in [0.25, 0.3) is 0 Å². The van der Waals surface area contributed by atoms with Crippen LogP contribution in [0.5, 0.6) is 0 Å². The highest BCUT2D eigenvalue weighted by atomic mass is 16.4. The molecule has 2 aromatic rings. The fraction of sp³-hybridized carbons (Fsp3) is 0.231. The van der Waals surface area contributed by atoms with Gasteiger partial charge in [0.2, 0.25) is 0 Å². The van der Waals surface area contributed by atoms with Gasteiger partial charge in [0.05, 0.1) is 12.1 Å². The summed E-state index contributed by atoms with van der Waals surface area (Å²) in [5.74, 6) is -0.298. The lowest BCUT2D eigenvalue weighted by atomic mass is 10.2. The van der Waals surface area contributed by atoms with Gasteiger partial charge in [-0.05, 0) is 18.2 Å². The van der Waals surface area contributed by atoms with Crippen molar-refractivity contribution in [2.75, 3.05) is 11.9 Å². The van der Waals surface area contributed by atoms with Crippen LogP contribution in [-0.2, 0) is 13.1 Å². The predicted octanol–water partition coefficient (Wildman–Crippen LogP) is 1.02. The first-order chi connectivity index (χ1) is 10.1. The van der Waals surface area contributed by atoms with Gasteiger partial charge in [0, 0.05) is 18.8 Å². The van der Waals surface area contributed by atoms with Crippen molar-refractivity contribution in [3.05, 3.63) is 42.0 Å². The average Bonchev–Trinajstić information content (AvgIpc) is 2.94. The number of urea groups is 1. The van der Waals surface area contributed by atoms with Gasteiger partial charge in [0.15, 0.2) is 5.82 Å². The molecule has 1 aromatic carbocycles. The van der Waals surface area contributed by atoms with Crippen LogP contribution in [0.4, 0.5) is 10.5 Å². The third-order valence-electron chi connectivity index (χ3n) is 3.29. The maximum Gasteiger partial charge on any atom is 0.335 e. The number of fused-ring (bicyclic) bond motifs is 1. The summed E-state index contributed by atoms with van der Waals surface area (Å²) in [4.78, 5) is 24.7. The van der Waals surface area contributed by atoms with E-state index in [0.717, 1.165) is 5.82 Å². The predicted molar refractivity (Wildman–Crippen MR) is 72.9 cm³/mol. The van der Waals surface area contributed by atoms with E-state index in [1.807, 2.05) is 4.57 Å². The highest BCUT2D eigenvalue weighted by Crippen LogP contribution is 2.14. The number of rotatable bonds is 2. The van der Waals surface area contributed by atoms with E-state index in [0.29, 0.717) is 25.3 Å². The summed E-state index contributed by atoms with van der Waals surface area (Å²) < 4.78 is 1.90. The molecule has 1 aromatic heterocycles. The molecule has 1 aliphatic heterocycles. The minimum Gasteiger partial charge on any atom is -0.478 e. The lowest BCUT2D eigenvalue weighted by molar-refractivity contribution is 0.0697. The summed E-state index contributed by atoms with van der Waals surface area (Å²) >= 11 is 0. The van der Waals surface area contributed by atoms with Gasteiger partial charge in [0.1, 0.15) is 6.33 Å². The van der Waals surface area contributed by atoms with E-state index in [2.05, 4.69) is 15.5 Å². The van der Waals surface area contributed by atoms with Crippen LogP contribution in [0.3, 0.4) is 0 Å². The summed E-state index contributed by atoms with van der Waals surface area (Å²) in [6.07, 6.45) is 1.64. The number of amides is 2. The summed E-state index contributed by atoms with van der Waals surface area (Å²) in [6, 6.07) is 5.85. The quantitative estimate of drug-likeness (QED) is 0.859. The zero-order valence-corrected chi connectivity index (χ0v) is 11.1. The van der Waals surface area contributed by atoms with Crippen LogP contribution < -0.4 is 5.32 Å². The van der Waals surface area contributed by atoms with Gasteiger partial charge in [-0.15, -0.1) is 10.2 Å². The third-order valence-corrected chi connectivity index (χ3v) is 3.29. The molecule has 0 spiro atoms. The Labute approximate surface area is 120 Å². The van der Waals surface area contributed by atoms with Gasteiger partial charge in [-0.1, -0.05) is 6.07 Å². The smallest absolute Gasteiger partial charge is 0.335 e. The van der Waals surface area contributed by atoms with E-state index in [1.54, 1.807) is 23.4 Å². The zero-order chi connectivity index (χ0) is 14.8. The van der Waals surface area contributed by atoms with E-state index in [4.69, 9.17) is 5.11 Å². The Bertz CT molecular complexity index is 697. The second-order valence-electron chi connectivity index (χ2n) is 4.68. The maximum absolute atomic E-state index is 12.2. The monoisotopic (exact) mass is 287 g/mol. The summed E-state index contributed by atoms with van der Waals surface area (Å²) in [7, 11) is 0. The lowest BCUT2D eigenvalue weighted by Crippen LogP contribution is -2.40. The van der Waals surface area contributed by atoms with Crippen molar-refractivity contribution < 1.29 is 14.7 Å². The number of carboxylic acid groups (broad SMARTS) is 1. The number of carbonyl (C=O) groups is 2. The van der Waals surface area contributed by atoms with E-state index in [1.165, 1.54) is 12.1 Å². The molecule has 0 atom stereocenters. The second-order valence-corrected chi connectivity index (χ2v) is 4.68. The van der Waals surface area contributed by atoms with Crippen molar-refractivity contribution >= 4 is 17.7 Å². The number of hydrogen-bond donors (Lipinski definition) is 2. The Morgan fingerprint density at radius 3 is 2.95 bits per heavy atom. The van der Waals surface area contributed by atoms with Crippen molar-refractivity contribution in [3.63, 3.8) is 0 Å². The highest BCUT2D eigenvalue weighted by Gasteiger charge is 2.21. The summed E-state index contributed by atoms with van der Waals surface area (Å²) in [5, 5.41) is 19.4. The molecule has 1 aliphatic rings. The van der Waals surface area contributed by atoms with Crippen molar-refractivity contribution in [1.82, 2.24) is 19.7 Å². The molecule has 0 bridgehead atoms. The van der Waals surface area contributed by atoms with Crippen molar-refractivity contribution in [2.24, 2.45) is 0 Å². The van der Waals surface area contributed by atoms with Crippen LogP contribution in [0, 0.1) is 0 Å². The average molecular weight is 287 g/mol. The molecule has 0 unspecified atom stereocenters. The third kappa shape index (κ3) is 2.69.